The number of urea groups is 1. The van der Waals surface area contributed by atoms with Crippen molar-refractivity contribution in [2.45, 2.75) is 57.6 Å². The van der Waals surface area contributed by atoms with Crippen LogP contribution in [0.15, 0.2) is 0 Å². The first kappa shape index (κ1) is 14.5. The first-order chi connectivity index (χ1) is 9.95. The normalized spacial score (nSPS) is 38.2. The molecule has 3 atom stereocenters. The van der Waals surface area contributed by atoms with Crippen LogP contribution in [0.2, 0.25) is 0 Å². The van der Waals surface area contributed by atoms with Crippen molar-refractivity contribution in [3.05, 3.63) is 0 Å². The van der Waals surface area contributed by atoms with E-state index in [2.05, 4.69) is 5.32 Å². The summed E-state index contributed by atoms with van der Waals surface area (Å²) in [6.45, 7) is 4.26. The third-order valence-electron chi connectivity index (χ3n) is 5.44. The van der Waals surface area contributed by atoms with Crippen LogP contribution in [-0.2, 0) is 14.3 Å². The molecule has 3 rings (SSSR count). The molecule has 21 heavy (non-hydrogen) atoms. The quantitative estimate of drug-likeness (QED) is 0.782. The van der Waals surface area contributed by atoms with Crippen LogP contribution in [0.4, 0.5) is 4.79 Å². The molecule has 2 aliphatic heterocycles. The van der Waals surface area contributed by atoms with Gasteiger partial charge in [0.05, 0.1) is 11.6 Å². The molecular formula is C15H22N2O4. The fourth-order valence-corrected chi connectivity index (χ4v) is 3.90. The first-order valence-electron chi connectivity index (χ1n) is 7.75. The van der Waals surface area contributed by atoms with Crippen molar-refractivity contribution in [1.82, 2.24) is 10.2 Å². The minimum atomic E-state index is -0.713. The predicted octanol–water partition coefficient (Wildman–Crippen LogP) is 1.44. The molecule has 1 aliphatic carbocycles. The van der Waals surface area contributed by atoms with E-state index in [1.165, 1.54) is 4.90 Å². The van der Waals surface area contributed by atoms with Crippen molar-refractivity contribution in [2.24, 2.45) is 11.8 Å². The summed E-state index contributed by atoms with van der Waals surface area (Å²) in [5.74, 6) is -1.41. The number of nitrogens with one attached hydrogen (secondary N) is 1. The van der Waals surface area contributed by atoms with Crippen LogP contribution in [0.3, 0.4) is 0 Å². The Balaban J connectivity index is 1.91. The van der Waals surface area contributed by atoms with Crippen LogP contribution in [0.1, 0.15) is 46.0 Å². The summed E-state index contributed by atoms with van der Waals surface area (Å²) < 4.78 is 5.55. The second-order valence-electron chi connectivity index (χ2n) is 6.61. The zero-order valence-corrected chi connectivity index (χ0v) is 12.6. The van der Waals surface area contributed by atoms with Gasteiger partial charge in [-0.05, 0) is 39.0 Å². The third kappa shape index (κ3) is 2.16. The van der Waals surface area contributed by atoms with Crippen LogP contribution in [-0.4, -0.2) is 41.0 Å². The van der Waals surface area contributed by atoms with E-state index in [0.29, 0.717) is 13.0 Å². The molecule has 3 unspecified atom stereocenters. The lowest BCUT2D eigenvalue weighted by Crippen LogP contribution is -2.67. The van der Waals surface area contributed by atoms with Crippen LogP contribution in [0, 0.1) is 11.8 Å². The third-order valence-corrected chi connectivity index (χ3v) is 5.44. The average molecular weight is 294 g/mol. The highest BCUT2D eigenvalue weighted by molar-refractivity contribution is 6.16. The molecule has 1 N–H and O–H groups in total. The minimum absolute atomic E-state index is 0.0642. The van der Waals surface area contributed by atoms with E-state index in [1.54, 1.807) is 0 Å². The molecule has 116 valence electrons. The number of carbonyl (C=O) groups excluding carboxylic acids is 3. The van der Waals surface area contributed by atoms with Crippen LogP contribution >= 0.6 is 0 Å². The maximum atomic E-state index is 12.9. The number of nitrogens with zero attached hydrogens (tertiary/aromatic N) is 1. The minimum Gasteiger partial charge on any atom is -0.376 e. The molecule has 6 nitrogen and oxygen atoms in total. The second kappa shape index (κ2) is 5.09. The van der Waals surface area contributed by atoms with Crippen LogP contribution in [0.25, 0.3) is 0 Å². The average Bonchev–Trinajstić information content (AvgIpc) is 3.01. The SMILES string of the molecule is CC1OCCC1(C)N1C(=O)NC(=O)C(C2CCCC2)C1=O. The molecule has 3 aliphatic rings. The Labute approximate surface area is 124 Å². The van der Waals surface area contributed by atoms with Crippen LogP contribution < -0.4 is 5.32 Å². The fourth-order valence-electron chi connectivity index (χ4n) is 3.90. The maximum Gasteiger partial charge on any atom is 0.331 e. The molecule has 0 aromatic heterocycles. The zero-order chi connectivity index (χ0) is 15.2. The summed E-state index contributed by atoms with van der Waals surface area (Å²) in [6, 6.07) is -0.598. The largest absolute Gasteiger partial charge is 0.376 e. The van der Waals surface area contributed by atoms with Crippen molar-refractivity contribution in [3.63, 3.8) is 0 Å². The summed E-state index contributed by atoms with van der Waals surface area (Å²) in [5.41, 5.74) is -0.668. The molecule has 2 heterocycles. The molecule has 2 saturated heterocycles. The Bertz CT molecular complexity index is 486. The Morgan fingerprint density at radius 3 is 2.48 bits per heavy atom. The van der Waals surface area contributed by atoms with Gasteiger partial charge >= 0.3 is 6.03 Å². The summed E-state index contributed by atoms with van der Waals surface area (Å²) in [5, 5.41) is 2.38. The van der Waals surface area contributed by atoms with Gasteiger partial charge in [0.25, 0.3) is 0 Å². The molecule has 0 aromatic carbocycles. The van der Waals surface area contributed by atoms with E-state index in [0.717, 1.165) is 25.7 Å². The topological polar surface area (TPSA) is 75.7 Å². The summed E-state index contributed by atoms with van der Waals surface area (Å²) in [6.07, 6.45) is 4.26. The molecule has 4 amide bonds. The van der Waals surface area contributed by atoms with Crippen molar-refractivity contribution < 1.29 is 19.1 Å². The Morgan fingerprint density at radius 1 is 1.24 bits per heavy atom. The highest BCUT2D eigenvalue weighted by atomic mass is 16.5. The Morgan fingerprint density at radius 2 is 1.90 bits per heavy atom. The van der Waals surface area contributed by atoms with Gasteiger partial charge in [0, 0.05) is 6.61 Å². The summed E-state index contributed by atoms with van der Waals surface area (Å²) >= 11 is 0. The fraction of sp³-hybridized carbons (Fsp3) is 0.800. The Hall–Kier alpha value is -1.43. The van der Waals surface area contributed by atoms with E-state index >= 15 is 0 Å². The number of hydrogen-bond acceptors (Lipinski definition) is 4. The molecule has 1 saturated carbocycles. The van der Waals surface area contributed by atoms with Gasteiger partial charge in [-0.1, -0.05) is 12.8 Å². The number of imide groups is 2. The second-order valence-corrected chi connectivity index (χ2v) is 6.61. The van der Waals surface area contributed by atoms with Gasteiger partial charge in [0.15, 0.2) is 0 Å². The molecule has 3 fully saturated rings. The van der Waals surface area contributed by atoms with Gasteiger partial charge in [0.2, 0.25) is 11.8 Å². The smallest absolute Gasteiger partial charge is 0.331 e. The highest BCUT2D eigenvalue weighted by Gasteiger charge is 2.54. The number of ether oxygens (including phenoxy) is 1. The number of amides is 4. The lowest BCUT2D eigenvalue weighted by atomic mass is 9.84. The number of carbonyl (C=O) groups is 3. The highest BCUT2D eigenvalue weighted by Crippen LogP contribution is 2.39. The molecule has 0 aromatic rings. The van der Waals surface area contributed by atoms with E-state index in [9.17, 15) is 14.4 Å². The van der Waals surface area contributed by atoms with E-state index in [4.69, 9.17) is 4.74 Å². The van der Waals surface area contributed by atoms with Gasteiger partial charge in [-0.2, -0.15) is 0 Å². The molecule has 0 spiro atoms. The number of rotatable bonds is 2. The molecule has 6 heteroatoms. The van der Waals surface area contributed by atoms with Crippen molar-refractivity contribution in [2.75, 3.05) is 6.61 Å². The molecule has 0 bridgehead atoms. The molecule has 0 radical (unpaired) electrons. The van der Waals surface area contributed by atoms with E-state index in [-0.39, 0.29) is 17.9 Å². The predicted molar refractivity (Wildman–Crippen MR) is 74.3 cm³/mol. The van der Waals surface area contributed by atoms with Gasteiger partial charge in [0.1, 0.15) is 5.92 Å². The standard InChI is InChI=1S/C15H22N2O4/c1-9-15(2,7-8-21-9)17-13(19)11(10-5-3-4-6-10)12(18)16-14(17)20/h9-11H,3-8H2,1-2H3,(H,16,18,20). The van der Waals surface area contributed by atoms with Gasteiger partial charge in [-0.3, -0.25) is 19.8 Å². The van der Waals surface area contributed by atoms with Gasteiger partial charge < -0.3 is 4.74 Å². The van der Waals surface area contributed by atoms with Crippen molar-refractivity contribution in [3.8, 4) is 0 Å². The lowest BCUT2D eigenvalue weighted by Gasteiger charge is -2.43. The van der Waals surface area contributed by atoms with E-state index < -0.39 is 23.4 Å². The van der Waals surface area contributed by atoms with E-state index in [1.807, 2.05) is 13.8 Å². The number of barbiturate groups is 1. The summed E-state index contributed by atoms with van der Waals surface area (Å²) in [4.78, 5) is 38.5. The van der Waals surface area contributed by atoms with Gasteiger partial charge in [-0.15, -0.1) is 0 Å². The van der Waals surface area contributed by atoms with Crippen LogP contribution in [0.5, 0.6) is 0 Å². The van der Waals surface area contributed by atoms with Gasteiger partial charge in [-0.25, -0.2) is 4.79 Å². The van der Waals surface area contributed by atoms with Crippen molar-refractivity contribution >= 4 is 17.8 Å². The monoisotopic (exact) mass is 294 g/mol. The lowest BCUT2D eigenvalue weighted by molar-refractivity contribution is -0.150. The molecular weight excluding hydrogens is 272 g/mol. The maximum absolute atomic E-state index is 12.9. The zero-order valence-electron chi connectivity index (χ0n) is 12.6. The summed E-state index contributed by atoms with van der Waals surface area (Å²) in [7, 11) is 0. The number of hydrogen-bond donors (Lipinski definition) is 1. The first-order valence-corrected chi connectivity index (χ1v) is 7.75. The Kier molecular flexibility index (Phi) is 3.51. The van der Waals surface area contributed by atoms with Crippen molar-refractivity contribution in [1.29, 1.82) is 0 Å².